The zero-order valence-electron chi connectivity index (χ0n) is 29.8. The van der Waals surface area contributed by atoms with Crippen molar-refractivity contribution in [1.82, 2.24) is 10.2 Å². The molecule has 46 heavy (non-hydrogen) atoms. The lowest BCUT2D eigenvalue weighted by atomic mass is 9.32. The highest BCUT2D eigenvalue weighted by Gasteiger charge is 2.71. The van der Waals surface area contributed by atoms with Gasteiger partial charge in [0.25, 0.3) is 0 Å². The van der Waals surface area contributed by atoms with Crippen molar-refractivity contribution < 1.29 is 14.7 Å². The normalized spacial score (nSPS) is 41.0. The van der Waals surface area contributed by atoms with Gasteiger partial charge in [-0.25, -0.2) is 0 Å². The molecule has 1 aromatic rings. The van der Waals surface area contributed by atoms with Crippen LogP contribution in [-0.2, 0) is 4.79 Å². The number of allylic oxidation sites excluding steroid dienone is 2. The Bertz CT molecular complexity index is 1390. The number of nitrogens with one attached hydrogen (secondary N) is 1. The molecule has 0 heterocycles. The van der Waals surface area contributed by atoms with E-state index >= 15 is 0 Å². The van der Waals surface area contributed by atoms with E-state index in [1.165, 1.54) is 36.0 Å². The van der Waals surface area contributed by atoms with Gasteiger partial charge >= 0.3 is 5.97 Å². The second-order valence-corrected chi connectivity index (χ2v) is 17.7. The molecule has 0 spiro atoms. The van der Waals surface area contributed by atoms with Crippen molar-refractivity contribution in [3.8, 4) is 0 Å². The van der Waals surface area contributed by atoms with Crippen molar-refractivity contribution >= 4 is 17.8 Å². The molecule has 2 N–H and O–H groups in total. The fourth-order valence-corrected chi connectivity index (χ4v) is 12.9. The van der Waals surface area contributed by atoms with E-state index in [9.17, 15) is 14.7 Å². The molecule has 0 radical (unpaired) electrons. The lowest BCUT2D eigenvalue weighted by molar-refractivity contribution is -0.227. The Hall–Kier alpha value is -2.24. The number of carbonyl (C=O) groups excluding carboxylic acids is 1. The molecule has 9 atom stereocenters. The smallest absolute Gasteiger partial charge is 0.309 e. The van der Waals surface area contributed by atoms with Crippen molar-refractivity contribution in [2.24, 2.45) is 56.7 Å². The maximum Gasteiger partial charge on any atom is 0.309 e. The van der Waals surface area contributed by atoms with Gasteiger partial charge in [0.2, 0.25) is 0 Å². The number of nitrogens with zero attached hydrogens (tertiary/aromatic N) is 1. The number of carboxylic acids is 1. The number of hydrogen-bond donors (Lipinski definition) is 2. The van der Waals surface area contributed by atoms with Gasteiger partial charge in [-0.15, -0.1) is 0 Å². The molecule has 0 aromatic heterocycles. The Morgan fingerprint density at radius 2 is 1.67 bits per heavy atom. The Morgan fingerprint density at radius 3 is 2.33 bits per heavy atom. The summed E-state index contributed by atoms with van der Waals surface area (Å²) in [7, 11) is 4.20. The minimum absolute atomic E-state index is 0.0354. The number of benzene rings is 1. The van der Waals surface area contributed by atoms with Crippen LogP contribution in [0.25, 0.3) is 5.57 Å². The molecule has 5 heteroatoms. The van der Waals surface area contributed by atoms with Gasteiger partial charge in [0.1, 0.15) is 6.29 Å². The van der Waals surface area contributed by atoms with Crippen LogP contribution in [0.5, 0.6) is 0 Å². The van der Waals surface area contributed by atoms with Gasteiger partial charge < -0.3 is 15.3 Å². The highest BCUT2D eigenvalue weighted by molar-refractivity contribution is 5.78. The highest BCUT2D eigenvalue weighted by Crippen LogP contribution is 2.77. The molecule has 1 aromatic carbocycles. The number of aldehydes is 1. The fraction of sp³-hybridized carbons (Fsp3) is 0.707. The molecule has 5 nitrogen and oxygen atoms in total. The van der Waals surface area contributed by atoms with Crippen molar-refractivity contribution in [2.45, 2.75) is 92.4 Å². The van der Waals surface area contributed by atoms with Crippen LogP contribution in [0.15, 0.2) is 42.5 Å². The molecule has 0 aliphatic heterocycles. The van der Waals surface area contributed by atoms with Crippen molar-refractivity contribution in [3.05, 3.63) is 53.6 Å². The zero-order chi connectivity index (χ0) is 33.3. The number of aliphatic carboxylic acids is 1. The predicted molar refractivity (Wildman–Crippen MR) is 188 cm³/mol. The minimum atomic E-state index is -0.602. The zero-order valence-corrected chi connectivity index (χ0v) is 29.8. The third kappa shape index (κ3) is 4.84. The van der Waals surface area contributed by atoms with E-state index in [-0.39, 0.29) is 33.5 Å². The summed E-state index contributed by atoms with van der Waals surface area (Å²) in [5.74, 6) is 1.53. The average molecular weight is 629 g/mol. The van der Waals surface area contributed by atoms with E-state index in [4.69, 9.17) is 0 Å². The van der Waals surface area contributed by atoms with Crippen LogP contribution in [0, 0.1) is 56.7 Å². The van der Waals surface area contributed by atoms with Crippen LogP contribution in [-0.4, -0.2) is 56.0 Å². The first kappa shape index (κ1) is 33.7. The topological polar surface area (TPSA) is 69.6 Å². The van der Waals surface area contributed by atoms with Gasteiger partial charge in [-0.1, -0.05) is 77.1 Å². The molecule has 4 saturated carbocycles. The molecule has 0 bridgehead atoms. The van der Waals surface area contributed by atoms with Gasteiger partial charge in [0.05, 0.1) is 5.41 Å². The standard InChI is InChI=1S/C41H60N2O3/c1-27(25-42-23-24-43(7)8)30-15-20-41(36(45)46)22-21-39(5)32(35(30)41)13-14-34-38(4)18-16-31(29-11-9-28(26-44)10-12-29)37(2,3)33(38)17-19-40(34,39)6/h9-12,16,26,30,32-35,42H,1,13-15,17-25H2,2-8H3,(H,45,46)/t30-,32+,33-,34+,35+,38-,39+,40+,41-/m0/s1. The van der Waals surface area contributed by atoms with E-state index in [0.29, 0.717) is 17.8 Å². The summed E-state index contributed by atoms with van der Waals surface area (Å²) in [4.78, 5) is 26.7. The first-order valence-electron chi connectivity index (χ1n) is 18.2. The number of carboxylic acid groups (broad SMARTS) is 1. The minimum Gasteiger partial charge on any atom is -0.481 e. The van der Waals surface area contributed by atoms with Crippen LogP contribution in [0.2, 0.25) is 0 Å². The summed E-state index contributed by atoms with van der Waals surface area (Å²) in [6.07, 6.45) is 12.9. The summed E-state index contributed by atoms with van der Waals surface area (Å²) in [5.41, 5.74) is 4.58. The Labute approximate surface area is 278 Å². The van der Waals surface area contributed by atoms with E-state index in [2.05, 4.69) is 83.7 Å². The monoisotopic (exact) mass is 628 g/mol. The van der Waals surface area contributed by atoms with E-state index in [1.54, 1.807) is 0 Å². The Balaban J connectivity index is 1.31. The predicted octanol–water partition coefficient (Wildman–Crippen LogP) is 8.37. The second-order valence-electron chi connectivity index (χ2n) is 17.7. The third-order valence-electron chi connectivity index (χ3n) is 15.4. The summed E-state index contributed by atoms with van der Waals surface area (Å²) in [6, 6.07) is 8.19. The largest absolute Gasteiger partial charge is 0.481 e. The maximum absolute atomic E-state index is 13.2. The number of hydrogen-bond acceptors (Lipinski definition) is 4. The summed E-state index contributed by atoms with van der Waals surface area (Å²) in [5, 5.41) is 14.5. The number of fused-ring (bicyclic) bond motifs is 7. The van der Waals surface area contributed by atoms with Gasteiger partial charge in [0, 0.05) is 25.2 Å². The van der Waals surface area contributed by atoms with Crippen molar-refractivity contribution in [2.75, 3.05) is 33.7 Å². The molecular weight excluding hydrogens is 568 g/mol. The number of likely N-dealkylation sites (N-methyl/N-ethyl adjacent to an activating group) is 1. The molecule has 5 aliphatic carbocycles. The SMILES string of the molecule is C=C(CNCCN(C)C)[C@@H]1CC[C@]2(C(=O)O)CC[C@]3(C)[C@H](CC[C@@H]4[C@@]5(C)CC=C(c6ccc(C=O)cc6)C(C)(C)[C@@H]5CC[C@]43C)[C@@H]12. The number of rotatable bonds is 9. The highest BCUT2D eigenvalue weighted by atomic mass is 16.4. The first-order chi connectivity index (χ1) is 21.7. The molecule has 0 saturated heterocycles. The molecule has 4 fully saturated rings. The van der Waals surface area contributed by atoms with E-state index in [1.807, 2.05) is 12.1 Å². The lowest BCUT2D eigenvalue weighted by Crippen LogP contribution is -2.66. The average Bonchev–Trinajstić information content (AvgIpc) is 3.41. The van der Waals surface area contributed by atoms with Crippen LogP contribution >= 0.6 is 0 Å². The fourth-order valence-electron chi connectivity index (χ4n) is 12.9. The lowest BCUT2D eigenvalue weighted by Gasteiger charge is -2.72. The Kier molecular flexibility index (Phi) is 8.58. The van der Waals surface area contributed by atoms with E-state index < -0.39 is 11.4 Å². The van der Waals surface area contributed by atoms with Gasteiger partial charge in [-0.3, -0.25) is 9.59 Å². The molecule has 0 unspecified atom stereocenters. The Morgan fingerprint density at radius 1 is 0.957 bits per heavy atom. The summed E-state index contributed by atoms with van der Waals surface area (Å²) >= 11 is 0. The third-order valence-corrected chi connectivity index (χ3v) is 15.4. The maximum atomic E-state index is 13.2. The molecular formula is C41H60N2O3. The molecule has 0 amide bonds. The van der Waals surface area contributed by atoms with E-state index in [0.717, 1.165) is 70.0 Å². The molecule has 5 aliphatic rings. The molecule has 6 rings (SSSR count). The van der Waals surface area contributed by atoms with Crippen molar-refractivity contribution in [3.63, 3.8) is 0 Å². The quantitative estimate of drug-likeness (QED) is 0.163. The van der Waals surface area contributed by atoms with Crippen molar-refractivity contribution in [1.29, 1.82) is 0 Å². The van der Waals surface area contributed by atoms with Crippen LogP contribution in [0.4, 0.5) is 0 Å². The van der Waals surface area contributed by atoms with Crippen LogP contribution in [0.3, 0.4) is 0 Å². The van der Waals surface area contributed by atoms with Gasteiger partial charge in [0.15, 0.2) is 0 Å². The molecule has 252 valence electrons. The first-order valence-corrected chi connectivity index (χ1v) is 18.2. The van der Waals surface area contributed by atoms with Gasteiger partial charge in [-0.2, -0.15) is 0 Å². The second kappa shape index (κ2) is 11.7. The number of carbonyl (C=O) groups is 2. The van der Waals surface area contributed by atoms with Crippen LogP contribution in [0.1, 0.15) is 108 Å². The van der Waals surface area contributed by atoms with Gasteiger partial charge in [-0.05, 0) is 134 Å². The summed E-state index contributed by atoms with van der Waals surface area (Å²) < 4.78 is 0. The summed E-state index contributed by atoms with van der Waals surface area (Å²) in [6.45, 7) is 20.1. The van der Waals surface area contributed by atoms with Crippen LogP contribution < -0.4 is 5.32 Å².